The van der Waals surface area contributed by atoms with Crippen LogP contribution in [-0.2, 0) is 11.3 Å². The van der Waals surface area contributed by atoms with Crippen LogP contribution < -0.4 is 11.1 Å². The van der Waals surface area contributed by atoms with E-state index in [-0.39, 0.29) is 18.3 Å². The van der Waals surface area contributed by atoms with Gasteiger partial charge in [0.25, 0.3) is 5.91 Å². The predicted molar refractivity (Wildman–Crippen MR) is 66.1 cm³/mol. The van der Waals surface area contributed by atoms with Gasteiger partial charge in [0.2, 0.25) is 0 Å². The van der Waals surface area contributed by atoms with Gasteiger partial charge in [-0.1, -0.05) is 0 Å². The van der Waals surface area contributed by atoms with Gasteiger partial charge in [0.1, 0.15) is 10.7 Å². The zero-order valence-corrected chi connectivity index (χ0v) is 10.7. The molecule has 0 aromatic carbocycles. The van der Waals surface area contributed by atoms with Crippen LogP contribution >= 0.6 is 23.7 Å². The van der Waals surface area contributed by atoms with Gasteiger partial charge in [0.15, 0.2) is 0 Å². The number of ether oxygens (including phenoxy) is 1. The summed E-state index contributed by atoms with van der Waals surface area (Å²) in [5.74, 6) is -0.175. The van der Waals surface area contributed by atoms with Crippen LogP contribution in [0.15, 0.2) is 5.38 Å². The lowest BCUT2D eigenvalue weighted by molar-refractivity contribution is 0.0918. The first-order chi connectivity index (χ1) is 7.27. The van der Waals surface area contributed by atoms with Crippen LogP contribution in [0.5, 0.6) is 0 Å². The third-order valence-electron chi connectivity index (χ3n) is 1.70. The molecule has 0 aliphatic rings. The molecule has 1 amide bonds. The van der Waals surface area contributed by atoms with E-state index in [4.69, 9.17) is 10.5 Å². The highest BCUT2D eigenvalue weighted by molar-refractivity contribution is 7.09. The Morgan fingerprint density at radius 3 is 3.00 bits per heavy atom. The molecule has 1 heterocycles. The van der Waals surface area contributed by atoms with E-state index < -0.39 is 0 Å². The maximum Gasteiger partial charge on any atom is 0.270 e. The summed E-state index contributed by atoms with van der Waals surface area (Å²) < 4.78 is 5.09. The van der Waals surface area contributed by atoms with Gasteiger partial charge >= 0.3 is 0 Å². The predicted octanol–water partition coefficient (Wildman–Crippen LogP) is 0.790. The van der Waals surface area contributed by atoms with E-state index in [1.165, 1.54) is 11.3 Å². The normalized spacial score (nSPS) is 9.62. The molecule has 0 saturated heterocycles. The Labute approximate surface area is 105 Å². The van der Waals surface area contributed by atoms with Crippen molar-refractivity contribution in [3.63, 3.8) is 0 Å². The number of nitrogens with zero attached hydrogens (tertiary/aromatic N) is 1. The molecule has 0 saturated carbocycles. The highest BCUT2D eigenvalue weighted by Crippen LogP contribution is 2.08. The SMILES string of the molecule is CCOCCNC(=O)c1csc(CN)n1.Cl. The lowest BCUT2D eigenvalue weighted by Gasteiger charge is -2.02. The van der Waals surface area contributed by atoms with Crippen LogP contribution in [0, 0.1) is 0 Å². The van der Waals surface area contributed by atoms with Crippen LogP contribution in [0.4, 0.5) is 0 Å². The molecule has 0 fully saturated rings. The summed E-state index contributed by atoms with van der Waals surface area (Å²) in [5.41, 5.74) is 5.83. The number of amides is 1. The molecule has 0 aliphatic carbocycles. The van der Waals surface area contributed by atoms with Crippen molar-refractivity contribution in [3.8, 4) is 0 Å². The summed E-state index contributed by atoms with van der Waals surface area (Å²) in [7, 11) is 0. The first kappa shape index (κ1) is 15.3. The van der Waals surface area contributed by atoms with E-state index >= 15 is 0 Å². The van der Waals surface area contributed by atoms with Crippen molar-refractivity contribution in [2.24, 2.45) is 5.73 Å². The fourth-order valence-electron chi connectivity index (χ4n) is 0.981. The highest BCUT2D eigenvalue weighted by Gasteiger charge is 2.08. The quantitative estimate of drug-likeness (QED) is 0.746. The van der Waals surface area contributed by atoms with E-state index in [1.807, 2.05) is 6.92 Å². The number of carbonyl (C=O) groups excluding carboxylic acids is 1. The average Bonchev–Trinajstić information content (AvgIpc) is 2.72. The maximum absolute atomic E-state index is 11.5. The van der Waals surface area contributed by atoms with Gasteiger partial charge in [-0.25, -0.2) is 4.98 Å². The second-order valence-corrected chi connectivity index (χ2v) is 3.73. The number of carbonyl (C=O) groups is 1. The molecule has 16 heavy (non-hydrogen) atoms. The number of nitrogens with two attached hydrogens (primary N) is 1. The molecule has 0 radical (unpaired) electrons. The van der Waals surface area contributed by atoms with E-state index in [2.05, 4.69) is 10.3 Å². The van der Waals surface area contributed by atoms with Crippen LogP contribution in [0.25, 0.3) is 0 Å². The Balaban J connectivity index is 0.00000225. The molecule has 3 N–H and O–H groups in total. The van der Waals surface area contributed by atoms with E-state index in [1.54, 1.807) is 5.38 Å². The van der Waals surface area contributed by atoms with Crippen LogP contribution in [-0.4, -0.2) is 30.6 Å². The molecule has 0 spiro atoms. The standard InChI is InChI=1S/C9H15N3O2S.ClH/c1-2-14-4-3-11-9(13)7-6-15-8(5-10)12-7;/h6H,2-5,10H2,1H3,(H,11,13);1H. The number of rotatable bonds is 6. The number of hydrogen-bond acceptors (Lipinski definition) is 5. The third-order valence-corrected chi connectivity index (χ3v) is 2.57. The van der Waals surface area contributed by atoms with Gasteiger partial charge in [-0.15, -0.1) is 23.7 Å². The molecular weight excluding hydrogens is 250 g/mol. The van der Waals surface area contributed by atoms with Gasteiger partial charge in [0, 0.05) is 25.1 Å². The molecule has 0 atom stereocenters. The Morgan fingerprint density at radius 2 is 2.44 bits per heavy atom. The smallest absolute Gasteiger partial charge is 0.270 e. The summed E-state index contributed by atoms with van der Waals surface area (Å²) in [6.07, 6.45) is 0. The van der Waals surface area contributed by atoms with Crippen molar-refractivity contribution in [1.29, 1.82) is 0 Å². The number of nitrogens with one attached hydrogen (secondary N) is 1. The van der Waals surface area contributed by atoms with Crippen molar-refractivity contribution in [2.75, 3.05) is 19.8 Å². The van der Waals surface area contributed by atoms with Gasteiger partial charge in [-0.05, 0) is 6.92 Å². The Morgan fingerprint density at radius 1 is 1.69 bits per heavy atom. The van der Waals surface area contributed by atoms with Gasteiger partial charge in [-0.2, -0.15) is 0 Å². The molecule has 1 aromatic rings. The fourth-order valence-corrected chi connectivity index (χ4v) is 1.64. The zero-order valence-electron chi connectivity index (χ0n) is 9.06. The van der Waals surface area contributed by atoms with Crippen LogP contribution in [0.2, 0.25) is 0 Å². The van der Waals surface area contributed by atoms with Gasteiger partial charge in [-0.3, -0.25) is 4.79 Å². The molecule has 5 nitrogen and oxygen atoms in total. The summed E-state index contributed by atoms with van der Waals surface area (Å²) in [6, 6.07) is 0. The van der Waals surface area contributed by atoms with Crippen molar-refractivity contribution in [1.82, 2.24) is 10.3 Å². The fraction of sp³-hybridized carbons (Fsp3) is 0.556. The second kappa shape index (κ2) is 8.46. The molecular formula is C9H16ClN3O2S. The minimum absolute atomic E-state index is 0. The van der Waals surface area contributed by atoms with E-state index in [0.29, 0.717) is 32.0 Å². The molecule has 1 aromatic heterocycles. The summed E-state index contributed by atoms with van der Waals surface area (Å²) in [5, 5.41) is 5.19. The van der Waals surface area contributed by atoms with Crippen molar-refractivity contribution in [2.45, 2.75) is 13.5 Å². The van der Waals surface area contributed by atoms with Crippen LogP contribution in [0.3, 0.4) is 0 Å². The lowest BCUT2D eigenvalue weighted by Crippen LogP contribution is -2.27. The Hall–Kier alpha value is -0.690. The molecule has 0 unspecified atom stereocenters. The molecule has 0 bridgehead atoms. The van der Waals surface area contributed by atoms with Crippen molar-refractivity contribution in [3.05, 3.63) is 16.1 Å². The molecule has 0 aliphatic heterocycles. The molecule has 92 valence electrons. The van der Waals surface area contributed by atoms with E-state index in [0.717, 1.165) is 5.01 Å². The topological polar surface area (TPSA) is 77.2 Å². The van der Waals surface area contributed by atoms with Crippen molar-refractivity contribution >= 4 is 29.7 Å². The molecule has 7 heteroatoms. The van der Waals surface area contributed by atoms with Gasteiger partial charge in [0.05, 0.1) is 6.61 Å². The monoisotopic (exact) mass is 265 g/mol. The summed E-state index contributed by atoms with van der Waals surface area (Å²) >= 11 is 1.39. The Kier molecular flexibility index (Phi) is 8.10. The lowest BCUT2D eigenvalue weighted by atomic mass is 10.4. The second-order valence-electron chi connectivity index (χ2n) is 2.78. The Bertz CT molecular complexity index is 319. The number of thiazole rings is 1. The summed E-state index contributed by atoms with van der Waals surface area (Å²) in [4.78, 5) is 15.5. The van der Waals surface area contributed by atoms with E-state index in [9.17, 15) is 4.79 Å². The average molecular weight is 266 g/mol. The number of hydrogen-bond donors (Lipinski definition) is 2. The van der Waals surface area contributed by atoms with Crippen LogP contribution in [0.1, 0.15) is 22.4 Å². The number of halogens is 1. The molecule has 1 rings (SSSR count). The largest absolute Gasteiger partial charge is 0.380 e. The minimum atomic E-state index is -0.175. The maximum atomic E-state index is 11.5. The zero-order chi connectivity index (χ0) is 11.1. The summed E-state index contributed by atoms with van der Waals surface area (Å²) in [6.45, 7) is 3.97. The van der Waals surface area contributed by atoms with Gasteiger partial charge < -0.3 is 15.8 Å². The first-order valence-corrected chi connectivity index (χ1v) is 5.66. The third kappa shape index (κ3) is 4.89. The minimum Gasteiger partial charge on any atom is -0.380 e. The first-order valence-electron chi connectivity index (χ1n) is 4.78. The van der Waals surface area contributed by atoms with Crippen molar-refractivity contribution < 1.29 is 9.53 Å². The number of aromatic nitrogens is 1. The highest BCUT2D eigenvalue weighted by atomic mass is 35.5.